The highest BCUT2D eigenvalue weighted by Crippen LogP contribution is 2.39. The summed E-state index contributed by atoms with van der Waals surface area (Å²) in [6, 6.07) is 5.98. The van der Waals surface area contributed by atoms with Gasteiger partial charge in [-0.3, -0.25) is 15.1 Å². The molecule has 1 amide bonds. The second-order valence-corrected chi connectivity index (χ2v) is 9.77. The number of carbonyl (C=O) groups excluding carboxylic acids is 1. The highest BCUT2D eigenvalue weighted by atomic mass is 32.2. The Bertz CT molecular complexity index is 1280. The van der Waals surface area contributed by atoms with Crippen LogP contribution in [0.5, 0.6) is 0 Å². The van der Waals surface area contributed by atoms with E-state index in [0.29, 0.717) is 25.3 Å². The van der Waals surface area contributed by atoms with Gasteiger partial charge in [0.05, 0.1) is 29.2 Å². The van der Waals surface area contributed by atoms with Gasteiger partial charge in [0.25, 0.3) is 0 Å². The van der Waals surface area contributed by atoms with Crippen molar-refractivity contribution in [2.75, 3.05) is 5.75 Å². The number of carboxylic acids is 1. The number of carboxylic acid groups (broad SMARTS) is 1. The fourth-order valence-corrected chi connectivity index (χ4v) is 6.16. The topological polar surface area (TPSA) is 116 Å². The molecule has 31 heavy (non-hydrogen) atoms. The Morgan fingerprint density at radius 1 is 1.39 bits per heavy atom. The van der Waals surface area contributed by atoms with Crippen molar-refractivity contribution in [1.82, 2.24) is 9.47 Å². The van der Waals surface area contributed by atoms with Crippen molar-refractivity contribution in [3.05, 3.63) is 63.9 Å². The van der Waals surface area contributed by atoms with Gasteiger partial charge in [0.2, 0.25) is 5.91 Å². The second-order valence-electron chi connectivity index (χ2n) is 7.61. The van der Waals surface area contributed by atoms with Crippen molar-refractivity contribution in [3.63, 3.8) is 0 Å². The zero-order valence-electron chi connectivity index (χ0n) is 16.4. The number of nitrogens with one attached hydrogen (secondary N) is 1. The van der Waals surface area contributed by atoms with Crippen molar-refractivity contribution < 1.29 is 19.3 Å². The molecule has 10 heteroatoms. The van der Waals surface area contributed by atoms with Crippen molar-refractivity contribution in [2.24, 2.45) is 5.73 Å². The molecule has 0 aromatic carbocycles. The number of hydrogen-bond donors (Lipinski definition) is 3. The smallest absolute Gasteiger partial charge is 0.352 e. The van der Waals surface area contributed by atoms with E-state index < -0.39 is 5.97 Å². The molecule has 1 saturated heterocycles. The number of hydrogen-bond acceptors (Lipinski definition) is 5. The number of aliphatic carboxylic acids is 1. The normalized spacial score (nSPS) is 18.3. The molecule has 0 bridgehead atoms. The number of nitrogen functional groups attached to an aromatic ring is 1. The lowest BCUT2D eigenvalue weighted by Gasteiger charge is -2.43. The summed E-state index contributed by atoms with van der Waals surface area (Å²) in [5.74, 6) is -0.477. The van der Waals surface area contributed by atoms with Crippen LogP contribution >= 0.6 is 23.1 Å². The van der Waals surface area contributed by atoms with E-state index in [1.165, 1.54) is 4.90 Å². The molecule has 2 aliphatic rings. The third-order valence-electron chi connectivity index (χ3n) is 5.57. The molecule has 2 aliphatic heterocycles. The molecule has 5 rings (SSSR count). The van der Waals surface area contributed by atoms with Gasteiger partial charge < -0.3 is 15.4 Å². The molecule has 8 nitrogen and oxygen atoms in total. The molecule has 1 fully saturated rings. The summed E-state index contributed by atoms with van der Waals surface area (Å²) < 4.78 is 4.10. The minimum atomic E-state index is -1.04. The van der Waals surface area contributed by atoms with Gasteiger partial charge in [-0.15, -0.1) is 23.1 Å². The summed E-state index contributed by atoms with van der Waals surface area (Å²) in [7, 11) is 0. The monoisotopic (exact) mass is 454 g/mol. The predicted molar refractivity (Wildman–Crippen MR) is 119 cm³/mol. The molecule has 5 heterocycles. The zero-order chi connectivity index (χ0) is 21.7. The van der Waals surface area contributed by atoms with E-state index in [1.807, 2.05) is 46.7 Å². The molecular weight excluding hydrogens is 434 g/mol. The number of carbonyl (C=O) groups is 2. The molecule has 1 atom stereocenters. The van der Waals surface area contributed by atoms with E-state index in [-0.39, 0.29) is 22.8 Å². The molecule has 3 aromatic heterocycles. The number of fused-ring (bicyclic) bond motifs is 2. The highest BCUT2D eigenvalue weighted by Gasteiger charge is 2.45. The minimum absolute atomic E-state index is 0.0374. The average Bonchev–Trinajstić information content (AvgIpc) is 3.35. The number of nitrogens with two attached hydrogens (primary N) is 1. The Morgan fingerprint density at radius 3 is 2.94 bits per heavy atom. The van der Waals surface area contributed by atoms with Crippen LogP contribution in [-0.2, 0) is 22.7 Å². The van der Waals surface area contributed by atoms with E-state index in [1.54, 1.807) is 23.1 Å². The number of thioether (sulfide) groups is 1. The van der Waals surface area contributed by atoms with Crippen LogP contribution in [0.15, 0.2) is 53.4 Å². The van der Waals surface area contributed by atoms with Crippen molar-refractivity contribution >= 4 is 51.7 Å². The zero-order valence-corrected chi connectivity index (χ0v) is 18.1. The van der Waals surface area contributed by atoms with Crippen LogP contribution in [0, 0.1) is 5.41 Å². The maximum Gasteiger partial charge on any atom is 0.352 e. The number of thiophene rings is 1. The quantitative estimate of drug-likeness (QED) is 0.228. The largest absolute Gasteiger partial charge is 0.477 e. The van der Waals surface area contributed by atoms with Gasteiger partial charge in [-0.05, 0) is 12.1 Å². The summed E-state index contributed by atoms with van der Waals surface area (Å²) in [6.07, 6.45) is 6.38. The standard InChI is InChI=1S/C21H19N5O3S2/c22-20(23)13-5-15(30-10-13)9-25-4-1-12-7-24(3-2-16(12)25)8-14-11-31-18-6-17(27)26(18)19(14)21(28)29/h1-5,7,10,18H,6,8-9,11H2,(H3-,22,23,28,29)/p+1. The molecule has 0 saturated carbocycles. The lowest BCUT2D eigenvalue weighted by atomic mass is 10.1. The van der Waals surface area contributed by atoms with E-state index in [4.69, 9.17) is 11.1 Å². The van der Waals surface area contributed by atoms with Crippen LogP contribution < -0.4 is 10.3 Å². The Hall–Kier alpha value is -3.11. The van der Waals surface area contributed by atoms with Crippen molar-refractivity contribution in [2.45, 2.75) is 24.9 Å². The highest BCUT2D eigenvalue weighted by molar-refractivity contribution is 8.00. The summed E-state index contributed by atoms with van der Waals surface area (Å²) >= 11 is 3.20. The molecule has 0 radical (unpaired) electrons. The maximum atomic E-state index is 11.9. The van der Waals surface area contributed by atoms with Crippen LogP contribution in [0.25, 0.3) is 10.9 Å². The van der Waals surface area contributed by atoms with E-state index in [2.05, 4.69) is 4.57 Å². The maximum absolute atomic E-state index is 11.9. The molecule has 0 aliphatic carbocycles. The summed E-state index contributed by atoms with van der Waals surface area (Å²) in [6.45, 7) is 1.12. The Morgan fingerprint density at radius 2 is 2.23 bits per heavy atom. The molecule has 158 valence electrons. The Kier molecular flexibility index (Phi) is 4.82. The van der Waals surface area contributed by atoms with Gasteiger partial charge in [-0.1, -0.05) is 0 Å². The first kappa shape index (κ1) is 19.8. The van der Waals surface area contributed by atoms with Crippen LogP contribution in [0.3, 0.4) is 0 Å². The number of β-lactam (4-membered cyclic amide) rings is 1. The molecule has 0 spiro atoms. The molecule has 1 unspecified atom stereocenters. The van der Waals surface area contributed by atoms with Gasteiger partial charge in [0, 0.05) is 39.4 Å². The third kappa shape index (κ3) is 3.51. The first-order valence-electron chi connectivity index (χ1n) is 9.69. The lowest BCUT2D eigenvalue weighted by molar-refractivity contribution is -0.687. The van der Waals surface area contributed by atoms with Crippen molar-refractivity contribution in [1.29, 1.82) is 5.41 Å². The first-order chi connectivity index (χ1) is 14.9. The van der Waals surface area contributed by atoms with Crippen LogP contribution in [0.2, 0.25) is 0 Å². The van der Waals surface area contributed by atoms with Gasteiger partial charge in [-0.25, -0.2) is 9.36 Å². The summed E-state index contributed by atoms with van der Waals surface area (Å²) in [5.41, 5.74) is 8.26. The minimum Gasteiger partial charge on any atom is -0.477 e. The second kappa shape index (κ2) is 7.54. The Balaban J connectivity index is 1.40. The predicted octanol–water partition coefficient (Wildman–Crippen LogP) is 1.97. The fourth-order valence-electron chi connectivity index (χ4n) is 4.02. The van der Waals surface area contributed by atoms with Gasteiger partial charge >= 0.3 is 5.97 Å². The van der Waals surface area contributed by atoms with Gasteiger partial charge in [0.1, 0.15) is 11.5 Å². The average molecular weight is 455 g/mol. The van der Waals surface area contributed by atoms with E-state index >= 15 is 0 Å². The van der Waals surface area contributed by atoms with Crippen LogP contribution in [-0.4, -0.2) is 43.4 Å². The number of pyridine rings is 1. The third-order valence-corrected chi connectivity index (χ3v) is 7.77. The van der Waals surface area contributed by atoms with Crippen LogP contribution in [0.1, 0.15) is 16.9 Å². The number of rotatable bonds is 6. The van der Waals surface area contributed by atoms with E-state index in [9.17, 15) is 14.7 Å². The lowest BCUT2D eigenvalue weighted by Crippen LogP contribution is -2.54. The SMILES string of the molecule is N=C(N)c1csc(Cn2ccc3c[n+](CC4=C(C(=O)O)N5C(=O)CC5SC4)ccc32)c1. The molecule has 4 N–H and O–H groups in total. The number of aromatic nitrogens is 2. The number of nitrogens with zero attached hydrogens (tertiary/aromatic N) is 3. The number of amides is 1. The Labute approximate surface area is 186 Å². The first-order valence-corrected chi connectivity index (χ1v) is 11.6. The fraction of sp³-hybridized carbons (Fsp3) is 0.238. The number of amidine groups is 1. The van der Waals surface area contributed by atoms with E-state index in [0.717, 1.165) is 26.9 Å². The summed E-state index contributed by atoms with van der Waals surface area (Å²) in [5, 5.41) is 20.1. The van der Waals surface area contributed by atoms with Crippen LogP contribution in [0.4, 0.5) is 0 Å². The van der Waals surface area contributed by atoms with Gasteiger partial charge in [-0.2, -0.15) is 0 Å². The molecule has 3 aromatic rings. The van der Waals surface area contributed by atoms with Crippen molar-refractivity contribution in [3.8, 4) is 0 Å². The van der Waals surface area contributed by atoms with Gasteiger partial charge in [0.15, 0.2) is 18.9 Å². The molecular formula is C21H20N5O3S2+. The summed E-state index contributed by atoms with van der Waals surface area (Å²) in [4.78, 5) is 26.3.